The van der Waals surface area contributed by atoms with Crippen LogP contribution in [0, 0.1) is 0 Å². The van der Waals surface area contributed by atoms with Gasteiger partial charge in [-0.05, 0) is 50.2 Å². The lowest BCUT2D eigenvalue weighted by Crippen LogP contribution is -2.36. The summed E-state index contributed by atoms with van der Waals surface area (Å²) in [7, 11) is 0. The number of amides is 1. The van der Waals surface area contributed by atoms with Crippen molar-refractivity contribution >= 4 is 28.8 Å². The highest BCUT2D eigenvalue weighted by molar-refractivity contribution is 7.09. The van der Waals surface area contributed by atoms with Crippen LogP contribution in [0.25, 0.3) is 0 Å². The molecule has 0 bridgehead atoms. The number of ether oxygens (including phenoxy) is 1. The summed E-state index contributed by atoms with van der Waals surface area (Å²) in [6.07, 6.45) is 0. The van der Waals surface area contributed by atoms with Crippen molar-refractivity contribution in [2.24, 2.45) is 0 Å². The third kappa shape index (κ3) is 5.31. The fourth-order valence-electron chi connectivity index (χ4n) is 2.57. The van der Waals surface area contributed by atoms with Crippen molar-refractivity contribution in [2.45, 2.75) is 33.0 Å². The van der Waals surface area contributed by atoms with Gasteiger partial charge in [-0.3, -0.25) is 4.79 Å². The van der Waals surface area contributed by atoms with Crippen molar-refractivity contribution in [1.29, 1.82) is 0 Å². The van der Waals surface area contributed by atoms with E-state index in [2.05, 4.69) is 4.98 Å². The fourth-order valence-corrected chi connectivity index (χ4v) is 3.39. The van der Waals surface area contributed by atoms with E-state index in [0.29, 0.717) is 23.7 Å². The Hall–Kier alpha value is -2.37. The minimum Gasteiger partial charge on any atom is -0.486 e. The molecular weight excluding hydrogens is 380 g/mol. The molecule has 4 nitrogen and oxygen atoms in total. The van der Waals surface area contributed by atoms with Crippen LogP contribution >= 0.6 is 22.9 Å². The number of carbonyl (C=O) groups excluding carboxylic acids is 1. The van der Waals surface area contributed by atoms with Crippen LogP contribution < -0.4 is 4.74 Å². The molecule has 6 heteroatoms. The summed E-state index contributed by atoms with van der Waals surface area (Å²) in [6, 6.07) is 16.7. The average Bonchev–Trinajstić information content (AvgIpc) is 3.13. The lowest BCUT2D eigenvalue weighted by Gasteiger charge is -2.26. The summed E-state index contributed by atoms with van der Waals surface area (Å²) in [5.74, 6) is 0.785. The number of nitrogens with zero attached hydrogens (tertiary/aromatic N) is 2. The van der Waals surface area contributed by atoms with Gasteiger partial charge in [0.15, 0.2) is 0 Å². The number of para-hydroxylation sites is 1. The first kappa shape index (κ1) is 19.4. The maximum Gasteiger partial charge on any atom is 0.254 e. The molecule has 3 aromatic rings. The largest absolute Gasteiger partial charge is 0.486 e. The van der Waals surface area contributed by atoms with Crippen LogP contribution in [0.5, 0.6) is 5.75 Å². The van der Waals surface area contributed by atoms with Crippen molar-refractivity contribution in [3.8, 4) is 5.75 Å². The van der Waals surface area contributed by atoms with E-state index in [9.17, 15) is 4.79 Å². The van der Waals surface area contributed by atoms with Gasteiger partial charge in [0.25, 0.3) is 5.91 Å². The van der Waals surface area contributed by atoms with Gasteiger partial charge in [-0.15, -0.1) is 11.3 Å². The Labute approximate surface area is 168 Å². The zero-order valence-corrected chi connectivity index (χ0v) is 16.8. The van der Waals surface area contributed by atoms with E-state index in [1.54, 1.807) is 40.5 Å². The fraction of sp³-hybridized carbons (Fsp3) is 0.238. The summed E-state index contributed by atoms with van der Waals surface area (Å²) >= 11 is 7.46. The Morgan fingerprint density at radius 3 is 2.52 bits per heavy atom. The summed E-state index contributed by atoms with van der Waals surface area (Å²) in [4.78, 5) is 19.3. The standard InChI is InChI=1S/C21H21ClN2O2S/c1-15(2)24(21(25)16-8-10-17(22)11-9-16)12-18-14-27-20(23-18)13-26-19-6-4-3-5-7-19/h3-11,14-15H,12-13H2,1-2H3. The summed E-state index contributed by atoms with van der Waals surface area (Å²) in [5, 5.41) is 3.48. The molecule has 0 aliphatic rings. The molecule has 1 amide bonds. The second kappa shape index (κ2) is 9.02. The average molecular weight is 401 g/mol. The normalized spacial score (nSPS) is 10.8. The van der Waals surface area contributed by atoms with Gasteiger partial charge in [-0.1, -0.05) is 29.8 Å². The van der Waals surface area contributed by atoms with Crippen LogP contribution in [-0.2, 0) is 13.2 Å². The molecule has 3 rings (SSSR count). The highest BCUT2D eigenvalue weighted by atomic mass is 35.5. The van der Waals surface area contributed by atoms with Gasteiger partial charge in [0.05, 0.1) is 12.2 Å². The van der Waals surface area contributed by atoms with Gasteiger partial charge in [-0.25, -0.2) is 4.98 Å². The monoisotopic (exact) mass is 400 g/mol. The Morgan fingerprint density at radius 1 is 1.15 bits per heavy atom. The number of hydrogen-bond acceptors (Lipinski definition) is 4. The summed E-state index contributed by atoms with van der Waals surface area (Å²) in [5.41, 5.74) is 1.48. The molecule has 0 aliphatic heterocycles. The lowest BCUT2D eigenvalue weighted by molar-refractivity contribution is 0.0688. The van der Waals surface area contributed by atoms with Gasteiger partial charge in [-0.2, -0.15) is 0 Å². The highest BCUT2D eigenvalue weighted by Crippen LogP contribution is 2.19. The SMILES string of the molecule is CC(C)N(Cc1csc(COc2ccccc2)n1)C(=O)c1ccc(Cl)cc1. The van der Waals surface area contributed by atoms with Crippen LogP contribution in [0.2, 0.25) is 5.02 Å². The molecule has 1 heterocycles. The Kier molecular flexibility index (Phi) is 6.48. The van der Waals surface area contributed by atoms with Crippen LogP contribution in [-0.4, -0.2) is 21.8 Å². The first-order valence-corrected chi connectivity index (χ1v) is 9.96. The van der Waals surface area contributed by atoms with Gasteiger partial charge in [0.1, 0.15) is 17.4 Å². The van der Waals surface area contributed by atoms with Crippen LogP contribution in [0.3, 0.4) is 0 Å². The van der Waals surface area contributed by atoms with Crippen molar-refractivity contribution in [1.82, 2.24) is 9.88 Å². The highest BCUT2D eigenvalue weighted by Gasteiger charge is 2.20. The number of rotatable bonds is 7. The van der Waals surface area contributed by atoms with E-state index < -0.39 is 0 Å². The molecule has 27 heavy (non-hydrogen) atoms. The molecule has 0 fully saturated rings. The molecular formula is C21H21ClN2O2S. The number of halogens is 1. The smallest absolute Gasteiger partial charge is 0.254 e. The molecule has 0 saturated heterocycles. The third-order valence-electron chi connectivity index (χ3n) is 4.01. The van der Waals surface area contributed by atoms with E-state index in [-0.39, 0.29) is 11.9 Å². The molecule has 0 aliphatic carbocycles. The number of carbonyl (C=O) groups is 1. The number of hydrogen-bond donors (Lipinski definition) is 0. The first-order valence-electron chi connectivity index (χ1n) is 8.70. The predicted molar refractivity (Wildman–Crippen MR) is 109 cm³/mol. The second-order valence-electron chi connectivity index (χ2n) is 6.37. The molecule has 140 valence electrons. The van der Waals surface area contributed by atoms with Crippen LogP contribution in [0.1, 0.15) is 34.9 Å². The minimum absolute atomic E-state index is 0.0308. The van der Waals surface area contributed by atoms with Gasteiger partial charge < -0.3 is 9.64 Å². The maximum absolute atomic E-state index is 12.9. The molecule has 0 N–H and O–H groups in total. The third-order valence-corrected chi connectivity index (χ3v) is 5.14. The molecule has 2 aromatic carbocycles. The molecule has 0 unspecified atom stereocenters. The van der Waals surface area contributed by atoms with Crippen LogP contribution in [0.4, 0.5) is 0 Å². The van der Waals surface area contributed by atoms with E-state index in [0.717, 1.165) is 16.5 Å². The number of thiazole rings is 1. The molecule has 0 saturated carbocycles. The maximum atomic E-state index is 12.9. The van der Waals surface area contributed by atoms with Crippen LogP contribution in [0.15, 0.2) is 60.0 Å². The van der Waals surface area contributed by atoms with E-state index in [1.807, 2.05) is 49.6 Å². The number of aromatic nitrogens is 1. The van der Waals surface area contributed by atoms with E-state index in [1.165, 1.54) is 0 Å². The molecule has 0 radical (unpaired) electrons. The van der Waals surface area contributed by atoms with Crippen molar-refractivity contribution in [3.05, 3.63) is 81.3 Å². The zero-order chi connectivity index (χ0) is 19.2. The zero-order valence-electron chi connectivity index (χ0n) is 15.3. The number of benzene rings is 2. The van der Waals surface area contributed by atoms with Gasteiger partial charge >= 0.3 is 0 Å². The van der Waals surface area contributed by atoms with E-state index >= 15 is 0 Å². The van der Waals surface area contributed by atoms with Crippen molar-refractivity contribution in [2.75, 3.05) is 0 Å². The van der Waals surface area contributed by atoms with Crippen molar-refractivity contribution in [3.63, 3.8) is 0 Å². The molecule has 0 atom stereocenters. The molecule has 1 aromatic heterocycles. The molecule has 0 spiro atoms. The predicted octanol–water partition coefficient (Wildman–Crippen LogP) is 5.43. The summed E-state index contributed by atoms with van der Waals surface area (Å²) < 4.78 is 5.74. The van der Waals surface area contributed by atoms with Crippen molar-refractivity contribution < 1.29 is 9.53 Å². The quantitative estimate of drug-likeness (QED) is 0.531. The first-order chi connectivity index (χ1) is 13.0. The second-order valence-corrected chi connectivity index (χ2v) is 7.75. The topological polar surface area (TPSA) is 42.4 Å². The Balaban J connectivity index is 1.65. The Bertz CT molecular complexity index is 879. The lowest BCUT2D eigenvalue weighted by atomic mass is 10.1. The van der Waals surface area contributed by atoms with E-state index in [4.69, 9.17) is 16.3 Å². The van der Waals surface area contributed by atoms with Gasteiger partial charge in [0.2, 0.25) is 0 Å². The van der Waals surface area contributed by atoms with Gasteiger partial charge in [0, 0.05) is 22.0 Å². The summed E-state index contributed by atoms with van der Waals surface area (Å²) in [6.45, 7) is 4.88. The minimum atomic E-state index is -0.0308. The Morgan fingerprint density at radius 2 is 1.85 bits per heavy atom.